The van der Waals surface area contributed by atoms with Gasteiger partial charge in [-0.2, -0.15) is 5.26 Å². The molecule has 0 aliphatic carbocycles. The summed E-state index contributed by atoms with van der Waals surface area (Å²) >= 11 is 3.10. The van der Waals surface area contributed by atoms with E-state index in [1.54, 1.807) is 28.8 Å². The van der Waals surface area contributed by atoms with Crippen molar-refractivity contribution in [3.8, 4) is 6.07 Å². The van der Waals surface area contributed by atoms with Gasteiger partial charge in [-0.15, -0.1) is 0 Å². The molecule has 3 heterocycles. The Labute approximate surface area is 214 Å². The van der Waals surface area contributed by atoms with Crippen LogP contribution in [0.5, 0.6) is 0 Å². The van der Waals surface area contributed by atoms with Crippen molar-refractivity contribution in [3.05, 3.63) is 80.2 Å². The molecule has 0 bridgehead atoms. The molecule has 2 aromatic carbocycles. The summed E-state index contributed by atoms with van der Waals surface area (Å²) < 4.78 is 0. The van der Waals surface area contributed by atoms with Crippen LogP contribution in [-0.4, -0.2) is 47.6 Å². The van der Waals surface area contributed by atoms with Crippen LogP contribution in [0.15, 0.2) is 74.1 Å². The lowest BCUT2D eigenvalue weighted by atomic mass is 10.2. The second-order valence-corrected chi connectivity index (χ2v) is 10.4. The van der Waals surface area contributed by atoms with Crippen LogP contribution in [0.25, 0.3) is 0 Å². The average Bonchev–Trinajstić information content (AvgIpc) is 3.37. The molecule has 0 spiro atoms. The number of thioether (sulfide) groups is 2. The van der Waals surface area contributed by atoms with Gasteiger partial charge in [0.05, 0.1) is 34.6 Å². The number of benzene rings is 2. The maximum Gasteiger partial charge on any atom is 0.269 e. The quantitative estimate of drug-likeness (QED) is 0.568. The van der Waals surface area contributed by atoms with E-state index in [-0.39, 0.29) is 5.91 Å². The number of nitrogens with one attached hydrogen (secondary N) is 2. The number of carbonyl (C=O) groups is 1. The molecule has 9 heteroatoms. The minimum absolute atomic E-state index is 0.0406. The summed E-state index contributed by atoms with van der Waals surface area (Å²) in [6.45, 7) is 4.96. The summed E-state index contributed by atoms with van der Waals surface area (Å²) in [5.74, 6) is -0.0406. The fourth-order valence-electron chi connectivity index (χ4n) is 4.27. The van der Waals surface area contributed by atoms with E-state index < -0.39 is 0 Å². The van der Waals surface area contributed by atoms with Gasteiger partial charge in [0.1, 0.15) is 4.91 Å². The normalized spacial score (nSPS) is 21.1. The van der Waals surface area contributed by atoms with Gasteiger partial charge >= 0.3 is 0 Å². The highest BCUT2D eigenvalue weighted by Gasteiger charge is 2.40. The van der Waals surface area contributed by atoms with Gasteiger partial charge in [0.25, 0.3) is 5.91 Å². The van der Waals surface area contributed by atoms with Crippen LogP contribution in [0, 0.1) is 11.3 Å². The van der Waals surface area contributed by atoms with E-state index in [9.17, 15) is 10.1 Å². The Morgan fingerprint density at radius 1 is 1.20 bits per heavy atom. The second kappa shape index (κ2) is 10.2. The molecule has 0 atom stereocenters. The van der Waals surface area contributed by atoms with Crippen molar-refractivity contribution in [3.63, 3.8) is 0 Å². The summed E-state index contributed by atoms with van der Waals surface area (Å²) in [7, 11) is 2.05. The van der Waals surface area contributed by atoms with E-state index in [4.69, 9.17) is 4.99 Å². The van der Waals surface area contributed by atoms with Crippen LogP contribution >= 0.6 is 23.5 Å². The summed E-state index contributed by atoms with van der Waals surface area (Å²) in [6, 6.07) is 17.6. The number of hydrogen-bond acceptors (Lipinski definition) is 8. The van der Waals surface area contributed by atoms with Gasteiger partial charge in [0.2, 0.25) is 0 Å². The molecule has 0 unspecified atom stereocenters. The zero-order valence-electron chi connectivity index (χ0n) is 19.7. The average molecular weight is 503 g/mol. The number of anilines is 1. The van der Waals surface area contributed by atoms with E-state index in [0.717, 1.165) is 42.3 Å². The molecule has 2 N–H and O–H groups in total. The molecular formula is C26H26N6OS2. The predicted molar refractivity (Wildman–Crippen MR) is 144 cm³/mol. The number of aliphatic imine (C=N–C) groups is 1. The predicted octanol–water partition coefficient (Wildman–Crippen LogP) is 4.81. The number of nitrogens with zero attached hydrogens (tertiary/aromatic N) is 4. The van der Waals surface area contributed by atoms with E-state index in [1.165, 1.54) is 22.4 Å². The molecule has 5 rings (SSSR count). The number of rotatable bonds is 5. The maximum atomic E-state index is 13.8. The van der Waals surface area contributed by atoms with Crippen LogP contribution in [0.1, 0.15) is 24.5 Å². The highest BCUT2D eigenvalue weighted by molar-refractivity contribution is 8.19. The third-order valence-electron chi connectivity index (χ3n) is 6.03. The third-order valence-corrected chi connectivity index (χ3v) is 8.52. The van der Waals surface area contributed by atoms with Gasteiger partial charge in [0.15, 0.2) is 5.17 Å². The Hall–Kier alpha value is -3.19. The van der Waals surface area contributed by atoms with Gasteiger partial charge in [-0.25, -0.2) is 4.99 Å². The van der Waals surface area contributed by atoms with Gasteiger partial charge in [-0.05, 0) is 42.4 Å². The Balaban J connectivity index is 1.57. The Morgan fingerprint density at radius 2 is 2.03 bits per heavy atom. The number of hydrogen-bond donors (Lipinski definition) is 2. The van der Waals surface area contributed by atoms with Crippen LogP contribution < -0.4 is 10.6 Å². The molecule has 1 amide bonds. The Morgan fingerprint density at radius 3 is 2.77 bits per heavy atom. The minimum atomic E-state index is -0.0406. The molecule has 1 saturated heterocycles. The molecule has 2 aromatic rings. The SMILES string of the molecule is CCNc1ccc(C#N)cc1N=C1SC(=C2SC3=C(CCNC3)N2C)C(=O)N1Cc1ccccc1. The number of nitriles is 1. The molecule has 7 nitrogen and oxygen atoms in total. The van der Waals surface area contributed by atoms with Crippen molar-refractivity contribution in [1.29, 1.82) is 5.26 Å². The molecule has 0 aromatic heterocycles. The van der Waals surface area contributed by atoms with E-state index in [0.29, 0.717) is 27.9 Å². The van der Waals surface area contributed by atoms with Crippen LogP contribution in [0.2, 0.25) is 0 Å². The maximum absolute atomic E-state index is 13.8. The molecule has 178 valence electrons. The largest absolute Gasteiger partial charge is 0.384 e. The second-order valence-electron chi connectivity index (χ2n) is 8.34. The van der Waals surface area contributed by atoms with Crippen molar-refractivity contribution < 1.29 is 4.79 Å². The molecule has 35 heavy (non-hydrogen) atoms. The summed E-state index contributed by atoms with van der Waals surface area (Å²) in [5.41, 5.74) is 4.35. The molecule has 0 saturated carbocycles. The fourth-order valence-corrected chi connectivity index (χ4v) is 6.71. The number of amides is 1. The number of amidine groups is 1. The first-order chi connectivity index (χ1) is 17.1. The summed E-state index contributed by atoms with van der Waals surface area (Å²) in [6.07, 6.45) is 0.955. The Kier molecular flexibility index (Phi) is 6.86. The summed E-state index contributed by atoms with van der Waals surface area (Å²) in [5, 5.41) is 17.8. The zero-order chi connectivity index (χ0) is 24.4. The van der Waals surface area contributed by atoms with Crippen LogP contribution in [0.4, 0.5) is 11.4 Å². The molecule has 3 aliphatic rings. The van der Waals surface area contributed by atoms with Gasteiger partial charge in [-0.1, -0.05) is 42.1 Å². The molecular weight excluding hydrogens is 476 g/mol. The highest BCUT2D eigenvalue weighted by atomic mass is 32.2. The lowest BCUT2D eigenvalue weighted by Gasteiger charge is -2.21. The topological polar surface area (TPSA) is 83.8 Å². The van der Waals surface area contributed by atoms with Crippen molar-refractivity contribution >= 4 is 46.0 Å². The first-order valence-electron chi connectivity index (χ1n) is 11.6. The number of carbonyl (C=O) groups excluding carboxylic acids is 1. The monoisotopic (exact) mass is 502 g/mol. The molecule has 1 fully saturated rings. The zero-order valence-corrected chi connectivity index (χ0v) is 21.3. The lowest BCUT2D eigenvalue weighted by Crippen LogP contribution is -2.29. The van der Waals surface area contributed by atoms with Crippen molar-refractivity contribution in [2.75, 3.05) is 32.0 Å². The molecule has 0 radical (unpaired) electrons. The first-order valence-corrected chi connectivity index (χ1v) is 13.2. The van der Waals surface area contributed by atoms with Crippen molar-refractivity contribution in [2.45, 2.75) is 19.9 Å². The smallest absolute Gasteiger partial charge is 0.269 e. The van der Waals surface area contributed by atoms with Gasteiger partial charge in [0, 0.05) is 43.7 Å². The standard InChI is InChI=1S/C26H26N6OS2/c1-3-29-19-10-9-18(14-27)13-20(19)30-26-32(16-17-7-5-4-6-8-17)24(33)23(35-26)25-31(2)21-11-12-28-15-22(21)34-25/h4-10,13,28-29H,3,11-12,15-16H2,1-2H3. The highest BCUT2D eigenvalue weighted by Crippen LogP contribution is 2.48. The van der Waals surface area contributed by atoms with Crippen molar-refractivity contribution in [1.82, 2.24) is 15.1 Å². The first kappa shape index (κ1) is 23.5. The van der Waals surface area contributed by atoms with E-state index in [2.05, 4.69) is 21.6 Å². The fraction of sp³-hybridized carbons (Fsp3) is 0.269. The van der Waals surface area contributed by atoms with Crippen LogP contribution in [0.3, 0.4) is 0 Å². The lowest BCUT2D eigenvalue weighted by molar-refractivity contribution is -0.122. The summed E-state index contributed by atoms with van der Waals surface area (Å²) in [4.78, 5) is 24.6. The van der Waals surface area contributed by atoms with Crippen molar-refractivity contribution in [2.24, 2.45) is 4.99 Å². The Bertz CT molecular complexity index is 1290. The van der Waals surface area contributed by atoms with Crippen LogP contribution in [-0.2, 0) is 11.3 Å². The minimum Gasteiger partial charge on any atom is -0.384 e. The van der Waals surface area contributed by atoms with E-state index >= 15 is 0 Å². The third kappa shape index (κ3) is 4.69. The van der Waals surface area contributed by atoms with E-state index in [1.807, 2.05) is 50.4 Å². The molecule has 3 aliphatic heterocycles. The van der Waals surface area contributed by atoms with Gasteiger partial charge < -0.3 is 15.5 Å². The van der Waals surface area contributed by atoms with Gasteiger partial charge in [-0.3, -0.25) is 9.69 Å².